The normalized spacial score (nSPS) is 17.3. The second-order valence-electron chi connectivity index (χ2n) is 12.7. The SMILES string of the molecule is COc1c(O)c2c(=O)cc(OC)c3c4c(OC)cc(=O)c5c(O)c(CC6CCCCCC6)c6c(c(c1C(C(C)=O)C(C)=C6)c23)c54. The standard InChI is InChI=1S/C37H36O8/c1-16-12-19-20(13-18-10-8-6-7-9-11-18)35(41)27-21(39)14-23(43-3)29-30-24(44-4)15-22(40)28-33(30)32(26(19)31(27)29)34(25(16)17(2)38)37(45-5)36(28)42/h12,14-15,18,25,41-42H,6-11,13H2,1-5H3. The Bertz CT molecular complexity index is 2210. The van der Waals surface area contributed by atoms with Crippen molar-refractivity contribution in [2.45, 2.75) is 64.7 Å². The Morgan fingerprint density at radius 2 is 1.31 bits per heavy atom. The quantitative estimate of drug-likeness (QED) is 0.121. The molecule has 1 unspecified atom stereocenters. The lowest BCUT2D eigenvalue weighted by Gasteiger charge is -2.26. The first-order valence-electron chi connectivity index (χ1n) is 15.6. The van der Waals surface area contributed by atoms with E-state index in [2.05, 4.69) is 0 Å². The van der Waals surface area contributed by atoms with Crippen LogP contribution in [0.15, 0.2) is 27.3 Å². The van der Waals surface area contributed by atoms with Gasteiger partial charge in [0.05, 0.1) is 38.0 Å². The molecule has 0 aromatic heterocycles. The Morgan fingerprint density at radius 1 is 0.756 bits per heavy atom. The smallest absolute Gasteiger partial charge is 0.194 e. The van der Waals surface area contributed by atoms with Crippen LogP contribution in [0.5, 0.6) is 28.7 Å². The molecule has 0 amide bonds. The third kappa shape index (κ3) is 3.93. The first-order chi connectivity index (χ1) is 21.6. The number of benzene rings is 5. The van der Waals surface area contributed by atoms with Gasteiger partial charge in [0.25, 0.3) is 0 Å². The van der Waals surface area contributed by atoms with E-state index in [4.69, 9.17) is 14.2 Å². The van der Waals surface area contributed by atoms with Gasteiger partial charge in [-0.3, -0.25) is 14.4 Å². The van der Waals surface area contributed by atoms with Gasteiger partial charge in [0.1, 0.15) is 23.0 Å². The van der Waals surface area contributed by atoms with E-state index in [9.17, 15) is 24.6 Å². The Kier molecular flexibility index (Phi) is 6.80. The van der Waals surface area contributed by atoms with Gasteiger partial charge in [0, 0.05) is 44.8 Å². The molecule has 7 rings (SSSR count). The molecule has 8 heteroatoms. The zero-order valence-electron chi connectivity index (χ0n) is 26.2. The number of allylic oxidation sites excluding steroid dienone is 1. The minimum Gasteiger partial charge on any atom is -0.507 e. The summed E-state index contributed by atoms with van der Waals surface area (Å²) in [6, 6.07) is 2.66. The number of rotatable bonds is 6. The zero-order chi connectivity index (χ0) is 31.9. The van der Waals surface area contributed by atoms with Gasteiger partial charge in [0.2, 0.25) is 0 Å². The zero-order valence-corrected chi connectivity index (χ0v) is 26.2. The predicted molar refractivity (Wildman–Crippen MR) is 176 cm³/mol. The molecule has 0 radical (unpaired) electrons. The fraction of sp³-hybridized carbons (Fsp3) is 0.378. The van der Waals surface area contributed by atoms with Crippen molar-refractivity contribution in [2.75, 3.05) is 21.3 Å². The van der Waals surface area contributed by atoms with Gasteiger partial charge in [0.15, 0.2) is 22.4 Å². The van der Waals surface area contributed by atoms with Gasteiger partial charge in [-0.15, -0.1) is 0 Å². The number of ether oxygens (including phenoxy) is 3. The van der Waals surface area contributed by atoms with Crippen molar-refractivity contribution in [2.24, 2.45) is 5.92 Å². The number of hydrogen-bond donors (Lipinski definition) is 2. The molecule has 5 aromatic rings. The number of Topliss-reactive ketones (excluding diaryl/α,β-unsaturated/α-hetero) is 1. The van der Waals surface area contributed by atoms with Crippen LogP contribution in [0.2, 0.25) is 0 Å². The molecule has 1 saturated carbocycles. The fourth-order valence-corrected chi connectivity index (χ4v) is 8.40. The molecule has 0 aliphatic heterocycles. The summed E-state index contributed by atoms with van der Waals surface area (Å²) in [5.41, 5.74) is 1.60. The van der Waals surface area contributed by atoms with E-state index < -0.39 is 16.8 Å². The number of phenolic OH excluding ortho intramolecular Hbond substituents is 2. The highest BCUT2D eigenvalue weighted by Gasteiger charge is 2.37. The predicted octanol–water partition coefficient (Wildman–Crippen LogP) is 6.93. The van der Waals surface area contributed by atoms with Gasteiger partial charge < -0.3 is 24.4 Å². The van der Waals surface area contributed by atoms with E-state index in [0.29, 0.717) is 66.9 Å². The number of methoxy groups -OCH3 is 3. The van der Waals surface area contributed by atoms with Crippen molar-refractivity contribution in [1.82, 2.24) is 0 Å². The molecule has 2 N–H and O–H groups in total. The maximum absolute atomic E-state index is 13.9. The van der Waals surface area contributed by atoms with Crippen molar-refractivity contribution < 1.29 is 29.2 Å². The molecule has 8 nitrogen and oxygen atoms in total. The number of phenols is 2. The lowest BCUT2D eigenvalue weighted by molar-refractivity contribution is -0.117. The summed E-state index contributed by atoms with van der Waals surface area (Å²) in [6.07, 6.45) is 9.10. The minimum atomic E-state index is -0.825. The summed E-state index contributed by atoms with van der Waals surface area (Å²) in [6.45, 7) is 3.35. The molecule has 1 fully saturated rings. The Labute approximate surface area is 259 Å². The first kappa shape index (κ1) is 29.1. The molecule has 232 valence electrons. The topological polar surface area (TPSA) is 119 Å². The maximum atomic E-state index is 13.9. The maximum Gasteiger partial charge on any atom is 0.194 e. The van der Waals surface area contributed by atoms with Crippen molar-refractivity contribution in [3.05, 3.63) is 54.8 Å². The molecule has 2 aliphatic carbocycles. The van der Waals surface area contributed by atoms with E-state index in [1.807, 2.05) is 13.0 Å². The fourth-order valence-electron chi connectivity index (χ4n) is 8.40. The summed E-state index contributed by atoms with van der Waals surface area (Å²) in [5.74, 6) is -0.619. The van der Waals surface area contributed by atoms with Gasteiger partial charge in [-0.25, -0.2) is 0 Å². The number of aromatic hydroxyl groups is 2. The van der Waals surface area contributed by atoms with E-state index in [1.54, 1.807) is 0 Å². The highest BCUT2D eigenvalue weighted by atomic mass is 16.5. The van der Waals surface area contributed by atoms with Crippen molar-refractivity contribution in [3.63, 3.8) is 0 Å². The van der Waals surface area contributed by atoms with Crippen LogP contribution in [0.4, 0.5) is 0 Å². The van der Waals surface area contributed by atoms with E-state index in [1.165, 1.54) is 53.2 Å². The molecule has 45 heavy (non-hydrogen) atoms. The van der Waals surface area contributed by atoms with E-state index in [-0.39, 0.29) is 45.3 Å². The Balaban J connectivity index is 1.86. The second kappa shape index (κ2) is 10.5. The summed E-state index contributed by atoms with van der Waals surface area (Å²) in [7, 11) is 4.31. The van der Waals surface area contributed by atoms with Crippen LogP contribution >= 0.6 is 0 Å². The van der Waals surface area contributed by atoms with Gasteiger partial charge in [-0.2, -0.15) is 0 Å². The molecule has 0 bridgehead atoms. The summed E-state index contributed by atoms with van der Waals surface area (Å²) in [4.78, 5) is 41.2. The number of ketones is 1. The van der Waals surface area contributed by atoms with Crippen molar-refractivity contribution >= 4 is 54.9 Å². The molecular weight excluding hydrogens is 572 g/mol. The molecule has 0 spiro atoms. The average molecular weight is 609 g/mol. The molecule has 5 aromatic carbocycles. The summed E-state index contributed by atoms with van der Waals surface area (Å²) < 4.78 is 17.4. The third-order valence-corrected chi connectivity index (χ3v) is 10.2. The van der Waals surface area contributed by atoms with E-state index >= 15 is 0 Å². The third-order valence-electron chi connectivity index (χ3n) is 10.2. The highest BCUT2D eigenvalue weighted by molar-refractivity contribution is 6.39. The van der Waals surface area contributed by atoms with Crippen LogP contribution in [0.3, 0.4) is 0 Å². The van der Waals surface area contributed by atoms with Crippen LogP contribution in [-0.2, 0) is 11.2 Å². The molecule has 0 heterocycles. The number of carbonyl (C=O) groups is 1. The highest BCUT2D eigenvalue weighted by Crippen LogP contribution is 2.57. The molecule has 1 atom stereocenters. The van der Waals surface area contributed by atoms with Gasteiger partial charge >= 0.3 is 0 Å². The van der Waals surface area contributed by atoms with Gasteiger partial charge in [-0.05, 0) is 42.5 Å². The number of fused-ring (bicyclic) bond motifs is 1. The Morgan fingerprint density at radius 3 is 1.84 bits per heavy atom. The van der Waals surface area contributed by atoms with Crippen LogP contribution < -0.4 is 25.1 Å². The Hall–Kier alpha value is -4.59. The lowest BCUT2D eigenvalue weighted by Crippen LogP contribution is -2.14. The second-order valence-corrected chi connectivity index (χ2v) is 12.7. The van der Waals surface area contributed by atoms with Crippen LogP contribution in [0.25, 0.3) is 49.2 Å². The largest absolute Gasteiger partial charge is 0.507 e. The number of carbonyl (C=O) groups excluding carboxylic acids is 1. The number of hydrogen-bond acceptors (Lipinski definition) is 8. The van der Waals surface area contributed by atoms with Crippen LogP contribution in [0, 0.1) is 5.92 Å². The van der Waals surface area contributed by atoms with E-state index in [0.717, 1.165) is 25.7 Å². The minimum absolute atomic E-state index is 0.0275. The van der Waals surface area contributed by atoms with Crippen LogP contribution in [0.1, 0.15) is 75.0 Å². The van der Waals surface area contributed by atoms with Crippen molar-refractivity contribution in [1.29, 1.82) is 0 Å². The van der Waals surface area contributed by atoms with Crippen LogP contribution in [-0.4, -0.2) is 37.3 Å². The lowest BCUT2D eigenvalue weighted by atomic mass is 9.79. The molecule has 0 saturated heterocycles. The molecular formula is C37H36O8. The molecule has 2 aliphatic rings. The monoisotopic (exact) mass is 608 g/mol. The van der Waals surface area contributed by atoms with Crippen molar-refractivity contribution in [3.8, 4) is 28.7 Å². The first-order valence-corrected chi connectivity index (χ1v) is 15.6. The summed E-state index contributed by atoms with van der Waals surface area (Å²) >= 11 is 0. The average Bonchev–Trinajstić information content (AvgIpc) is 3.35. The summed E-state index contributed by atoms with van der Waals surface area (Å²) in [5, 5.41) is 27.0. The van der Waals surface area contributed by atoms with Gasteiger partial charge in [-0.1, -0.05) is 50.2 Å².